The highest BCUT2D eigenvalue weighted by molar-refractivity contribution is 5.63. The highest BCUT2D eigenvalue weighted by Gasteiger charge is 2.14. The lowest BCUT2D eigenvalue weighted by atomic mass is 10.1. The second kappa shape index (κ2) is 5.00. The van der Waals surface area contributed by atoms with Crippen molar-refractivity contribution in [2.75, 3.05) is 6.79 Å². The third kappa shape index (κ3) is 2.39. The van der Waals surface area contributed by atoms with E-state index in [1.807, 2.05) is 18.2 Å². The number of aromatic nitrogens is 2. The molecule has 3 rings (SSSR count). The summed E-state index contributed by atoms with van der Waals surface area (Å²) in [6.07, 6.45) is 0. The molecule has 20 heavy (non-hydrogen) atoms. The monoisotopic (exact) mass is 272 g/mol. The summed E-state index contributed by atoms with van der Waals surface area (Å²) >= 11 is 0. The van der Waals surface area contributed by atoms with Gasteiger partial charge in [0.2, 0.25) is 6.79 Å². The highest BCUT2D eigenvalue weighted by atomic mass is 16.7. The van der Waals surface area contributed by atoms with E-state index in [-0.39, 0.29) is 12.4 Å². The first-order chi connectivity index (χ1) is 9.63. The zero-order valence-corrected chi connectivity index (χ0v) is 11.5. The molecular formula is C15H16N2O3. The zero-order valence-electron chi connectivity index (χ0n) is 11.5. The van der Waals surface area contributed by atoms with Crippen LogP contribution in [0, 0.1) is 5.92 Å². The molecule has 1 aliphatic heterocycles. The molecule has 0 unspecified atom stereocenters. The first-order valence-corrected chi connectivity index (χ1v) is 6.61. The maximum atomic E-state index is 11.8. The van der Waals surface area contributed by atoms with Gasteiger partial charge in [-0.2, -0.15) is 5.10 Å². The number of ether oxygens (including phenoxy) is 2. The van der Waals surface area contributed by atoms with E-state index in [0.717, 1.165) is 17.0 Å². The maximum absolute atomic E-state index is 11.8. The van der Waals surface area contributed by atoms with Gasteiger partial charge in [-0.1, -0.05) is 13.8 Å². The predicted octanol–water partition coefficient (Wildman–Crippen LogP) is 2.29. The summed E-state index contributed by atoms with van der Waals surface area (Å²) in [6.45, 7) is 4.97. The molecule has 0 bridgehead atoms. The molecule has 2 heterocycles. The molecule has 0 atom stereocenters. The Labute approximate surface area is 116 Å². The van der Waals surface area contributed by atoms with Gasteiger partial charge in [0, 0.05) is 18.2 Å². The lowest BCUT2D eigenvalue weighted by molar-refractivity contribution is 0.174. The van der Waals surface area contributed by atoms with Crippen LogP contribution in [0.1, 0.15) is 13.8 Å². The number of benzene rings is 1. The second-order valence-corrected chi connectivity index (χ2v) is 5.20. The van der Waals surface area contributed by atoms with Gasteiger partial charge in [0.1, 0.15) is 0 Å². The molecule has 0 aliphatic carbocycles. The molecule has 0 radical (unpaired) electrons. The van der Waals surface area contributed by atoms with E-state index in [0.29, 0.717) is 18.2 Å². The molecule has 104 valence electrons. The van der Waals surface area contributed by atoms with Crippen LogP contribution in [0.15, 0.2) is 35.1 Å². The van der Waals surface area contributed by atoms with E-state index in [2.05, 4.69) is 18.9 Å². The minimum Gasteiger partial charge on any atom is -0.454 e. The molecule has 1 aliphatic rings. The van der Waals surface area contributed by atoms with Gasteiger partial charge in [0.25, 0.3) is 5.56 Å². The Morgan fingerprint density at radius 1 is 1.20 bits per heavy atom. The van der Waals surface area contributed by atoms with Gasteiger partial charge in [-0.25, -0.2) is 4.68 Å². The van der Waals surface area contributed by atoms with Crippen molar-refractivity contribution >= 4 is 0 Å². The molecule has 0 fully saturated rings. The third-order valence-corrected chi connectivity index (χ3v) is 3.07. The Kier molecular flexibility index (Phi) is 3.18. The molecule has 0 saturated carbocycles. The number of fused-ring (bicyclic) bond motifs is 1. The minimum absolute atomic E-state index is 0.0804. The molecular weight excluding hydrogens is 256 g/mol. The topological polar surface area (TPSA) is 53.4 Å². The quantitative estimate of drug-likeness (QED) is 0.860. The number of hydrogen-bond donors (Lipinski definition) is 0. The van der Waals surface area contributed by atoms with Crippen LogP contribution in [0.25, 0.3) is 11.3 Å². The molecule has 5 heteroatoms. The van der Waals surface area contributed by atoms with Gasteiger partial charge >= 0.3 is 0 Å². The third-order valence-electron chi connectivity index (χ3n) is 3.07. The summed E-state index contributed by atoms with van der Waals surface area (Å²) in [5.74, 6) is 1.82. The number of rotatable bonds is 3. The summed E-state index contributed by atoms with van der Waals surface area (Å²) in [5, 5.41) is 4.42. The number of hydrogen-bond acceptors (Lipinski definition) is 4. The lowest BCUT2D eigenvalue weighted by Crippen LogP contribution is -2.24. The fourth-order valence-electron chi connectivity index (χ4n) is 2.14. The van der Waals surface area contributed by atoms with Gasteiger partial charge in [-0.05, 0) is 30.2 Å². The van der Waals surface area contributed by atoms with Crippen molar-refractivity contribution in [2.45, 2.75) is 20.4 Å². The summed E-state index contributed by atoms with van der Waals surface area (Å²) in [7, 11) is 0. The van der Waals surface area contributed by atoms with Gasteiger partial charge in [-0.15, -0.1) is 0 Å². The van der Waals surface area contributed by atoms with Gasteiger partial charge < -0.3 is 9.47 Å². The first-order valence-electron chi connectivity index (χ1n) is 6.61. The largest absolute Gasteiger partial charge is 0.454 e. The SMILES string of the molecule is CC(C)Cn1nc(-c2ccc3c(c2)OCO3)ccc1=O. The van der Waals surface area contributed by atoms with Crippen molar-refractivity contribution in [3.05, 3.63) is 40.7 Å². The Morgan fingerprint density at radius 3 is 2.80 bits per heavy atom. The van der Waals surface area contributed by atoms with Crippen LogP contribution in [-0.2, 0) is 6.54 Å². The molecule has 0 N–H and O–H groups in total. The Balaban J connectivity index is 2.00. The van der Waals surface area contributed by atoms with Crippen molar-refractivity contribution in [3.8, 4) is 22.8 Å². The standard InChI is InChI=1S/C15H16N2O3/c1-10(2)8-17-15(18)6-4-12(16-17)11-3-5-13-14(7-11)20-9-19-13/h3-7,10H,8-9H2,1-2H3. The Morgan fingerprint density at radius 2 is 2.00 bits per heavy atom. The van der Waals surface area contributed by atoms with Gasteiger partial charge in [-0.3, -0.25) is 4.79 Å². The summed E-state index contributed by atoms with van der Waals surface area (Å²) in [4.78, 5) is 11.8. The van der Waals surface area contributed by atoms with Crippen LogP contribution in [-0.4, -0.2) is 16.6 Å². The van der Waals surface area contributed by atoms with Crippen LogP contribution in [0.3, 0.4) is 0 Å². The fourth-order valence-corrected chi connectivity index (χ4v) is 2.14. The second-order valence-electron chi connectivity index (χ2n) is 5.20. The molecule has 0 saturated heterocycles. The average molecular weight is 272 g/mol. The predicted molar refractivity (Wildman–Crippen MR) is 74.9 cm³/mol. The Hall–Kier alpha value is -2.30. The molecule has 1 aromatic heterocycles. The molecule has 1 aromatic carbocycles. The van der Waals surface area contributed by atoms with E-state index in [9.17, 15) is 4.79 Å². The molecule has 0 amide bonds. The van der Waals surface area contributed by atoms with Crippen LogP contribution in [0.2, 0.25) is 0 Å². The van der Waals surface area contributed by atoms with Gasteiger partial charge in [0.05, 0.1) is 5.69 Å². The smallest absolute Gasteiger partial charge is 0.266 e. The van der Waals surface area contributed by atoms with Crippen LogP contribution in [0.4, 0.5) is 0 Å². The fraction of sp³-hybridized carbons (Fsp3) is 0.333. The van der Waals surface area contributed by atoms with E-state index in [1.165, 1.54) is 4.68 Å². The van der Waals surface area contributed by atoms with Crippen LogP contribution >= 0.6 is 0 Å². The van der Waals surface area contributed by atoms with E-state index >= 15 is 0 Å². The first kappa shape index (κ1) is 12.7. The van der Waals surface area contributed by atoms with Crippen molar-refractivity contribution in [1.82, 2.24) is 9.78 Å². The lowest BCUT2D eigenvalue weighted by Gasteiger charge is -2.09. The van der Waals surface area contributed by atoms with E-state index in [1.54, 1.807) is 12.1 Å². The van der Waals surface area contributed by atoms with E-state index in [4.69, 9.17) is 9.47 Å². The summed E-state index contributed by atoms with van der Waals surface area (Å²) < 4.78 is 12.2. The molecule has 2 aromatic rings. The maximum Gasteiger partial charge on any atom is 0.266 e. The summed E-state index contributed by atoms with van der Waals surface area (Å²) in [5.41, 5.74) is 1.58. The van der Waals surface area contributed by atoms with Crippen molar-refractivity contribution in [3.63, 3.8) is 0 Å². The van der Waals surface area contributed by atoms with Crippen LogP contribution < -0.4 is 15.0 Å². The van der Waals surface area contributed by atoms with Gasteiger partial charge in [0.15, 0.2) is 11.5 Å². The Bertz CT molecular complexity index is 692. The normalized spacial score (nSPS) is 12.9. The minimum atomic E-state index is -0.0804. The zero-order chi connectivity index (χ0) is 14.1. The summed E-state index contributed by atoms with van der Waals surface area (Å²) in [6, 6.07) is 8.94. The van der Waals surface area contributed by atoms with E-state index < -0.39 is 0 Å². The highest BCUT2D eigenvalue weighted by Crippen LogP contribution is 2.35. The van der Waals surface area contributed by atoms with Crippen molar-refractivity contribution in [2.24, 2.45) is 5.92 Å². The van der Waals surface area contributed by atoms with Crippen molar-refractivity contribution < 1.29 is 9.47 Å². The molecule has 5 nitrogen and oxygen atoms in total. The number of nitrogens with zero attached hydrogens (tertiary/aromatic N) is 2. The average Bonchev–Trinajstić information content (AvgIpc) is 2.88. The van der Waals surface area contributed by atoms with Crippen molar-refractivity contribution in [1.29, 1.82) is 0 Å². The van der Waals surface area contributed by atoms with Crippen LogP contribution in [0.5, 0.6) is 11.5 Å². The molecule has 0 spiro atoms.